The first-order valence-electron chi connectivity index (χ1n) is 6.59. The van der Waals surface area contributed by atoms with Crippen LogP contribution in [-0.4, -0.2) is 43.9 Å². The zero-order valence-electron chi connectivity index (χ0n) is 12.2. The summed E-state index contributed by atoms with van der Waals surface area (Å²) < 4.78 is 1.46. The number of aromatic nitrogens is 2. The molecule has 0 unspecified atom stereocenters. The van der Waals surface area contributed by atoms with Gasteiger partial charge in [0.05, 0.1) is 12.1 Å². The van der Waals surface area contributed by atoms with Crippen molar-refractivity contribution in [1.82, 2.24) is 15.1 Å². The normalized spacial score (nSPS) is 12.2. The van der Waals surface area contributed by atoms with Gasteiger partial charge in [-0.15, -0.1) is 0 Å². The lowest BCUT2D eigenvalue weighted by Gasteiger charge is -2.12. The number of carboxylic acid groups (broad SMARTS) is 2. The van der Waals surface area contributed by atoms with E-state index in [2.05, 4.69) is 10.4 Å². The molecule has 0 aliphatic heterocycles. The lowest BCUT2D eigenvalue weighted by atomic mass is 10.1. The lowest BCUT2D eigenvalue weighted by Crippen LogP contribution is -2.42. The second-order valence-electron chi connectivity index (χ2n) is 4.89. The van der Waals surface area contributed by atoms with Crippen molar-refractivity contribution in [2.45, 2.75) is 45.7 Å². The summed E-state index contributed by atoms with van der Waals surface area (Å²) in [6.07, 6.45) is -0.682. The van der Waals surface area contributed by atoms with Crippen LogP contribution in [0.2, 0.25) is 0 Å². The van der Waals surface area contributed by atoms with Crippen molar-refractivity contribution >= 4 is 17.8 Å². The predicted octanol–water partition coefficient (Wildman–Crippen LogP) is 0.684. The van der Waals surface area contributed by atoms with E-state index in [0.29, 0.717) is 12.2 Å². The molecule has 0 saturated carbocycles. The average molecular weight is 297 g/mol. The Labute approximate surface area is 121 Å². The molecule has 0 spiro atoms. The van der Waals surface area contributed by atoms with Crippen LogP contribution >= 0.6 is 0 Å². The van der Waals surface area contributed by atoms with E-state index in [-0.39, 0.29) is 11.6 Å². The van der Waals surface area contributed by atoms with Gasteiger partial charge in [0, 0.05) is 6.54 Å². The number of nitrogens with zero attached hydrogens (tertiary/aromatic N) is 2. The minimum absolute atomic E-state index is 0.124. The lowest BCUT2D eigenvalue weighted by molar-refractivity contribution is -0.145. The molecule has 1 heterocycles. The van der Waals surface area contributed by atoms with Crippen LogP contribution in [0.3, 0.4) is 0 Å². The minimum atomic E-state index is -1.47. The van der Waals surface area contributed by atoms with Crippen molar-refractivity contribution in [3.05, 3.63) is 17.5 Å². The van der Waals surface area contributed by atoms with Crippen LogP contribution in [-0.2, 0) is 16.1 Å². The summed E-state index contributed by atoms with van der Waals surface area (Å²) in [5, 5.41) is 24.1. The number of aryl methyl sites for hydroxylation is 1. The van der Waals surface area contributed by atoms with Crippen molar-refractivity contribution in [1.29, 1.82) is 0 Å². The second-order valence-corrected chi connectivity index (χ2v) is 4.89. The van der Waals surface area contributed by atoms with E-state index in [1.807, 2.05) is 13.8 Å². The number of rotatable bonds is 7. The number of nitrogens with one attached hydrogen (secondary N) is 1. The highest BCUT2D eigenvalue weighted by Crippen LogP contribution is 2.14. The number of carbonyl (C=O) groups excluding carboxylic acids is 1. The van der Waals surface area contributed by atoms with Gasteiger partial charge in [-0.1, -0.05) is 13.8 Å². The molecule has 0 bridgehead atoms. The summed E-state index contributed by atoms with van der Waals surface area (Å²) in [4.78, 5) is 33.7. The Hall–Kier alpha value is -2.38. The van der Waals surface area contributed by atoms with E-state index in [0.717, 1.165) is 0 Å². The number of amides is 1. The first kappa shape index (κ1) is 16.7. The Balaban J connectivity index is 2.96. The third kappa shape index (κ3) is 4.30. The van der Waals surface area contributed by atoms with Crippen molar-refractivity contribution < 1.29 is 24.6 Å². The maximum atomic E-state index is 12.1. The fraction of sp³-hybridized carbons (Fsp3) is 0.538. The molecule has 1 rings (SSSR count). The summed E-state index contributed by atoms with van der Waals surface area (Å²) in [7, 11) is 0. The number of hydrogen-bond acceptors (Lipinski definition) is 4. The van der Waals surface area contributed by atoms with E-state index >= 15 is 0 Å². The first-order chi connectivity index (χ1) is 9.76. The Morgan fingerprint density at radius 1 is 1.33 bits per heavy atom. The Bertz CT molecular complexity index is 550. The minimum Gasteiger partial charge on any atom is -0.481 e. The van der Waals surface area contributed by atoms with Crippen molar-refractivity contribution in [3.63, 3.8) is 0 Å². The van der Waals surface area contributed by atoms with Gasteiger partial charge in [0.2, 0.25) is 0 Å². The monoisotopic (exact) mass is 297 g/mol. The molecule has 8 nitrogen and oxygen atoms in total. The highest BCUT2D eigenvalue weighted by molar-refractivity contribution is 5.96. The fourth-order valence-electron chi connectivity index (χ4n) is 1.75. The molecule has 0 saturated heterocycles. The van der Waals surface area contributed by atoms with Gasteiger partial charge in [-0.05, 0) is 18.9 Å². The smallest absolute Gasteiger partial charge is 0.326 e. The summed E-state index contributed by atoms with van der Waals surface area (Å²) in [5.74, 6) is -3.21. The maximum absolute atomic E-state index is 12.1. The first-order valence-corrected chi connectivity index (χ1v) is 6.59. The fourth-order valence-corrected chi connectivity index (χ4v) is 1.75. The number of carbonyl (C=O) groups is 3. The van der Waals surface area contributed by atoms with Crippen LogP contribution in [0.25, 0.3) is 0 Å². The van der Waals surface area contributed by atoms with Gasteiger partial charge in [0.1, 0.15) is 11.7 Å². The predicted molar refractivity (Wildman–Crippen MR) is 73.1 cm³/mol. The number of hydrogen-bond donors (Lipinski definition) is 3. The molecule has 0 radical (unpaired) electrons. The van der Waals surface area contributed by atoms with Gasteiger partial charge in [-0.2, -0.15) is 5.10 Å². The number of carboxylic acids is 2. The van der Waals surface area contributed by atoms with Gasteiger partial charge >= 0.3 is 11.9 Å². The highest BCUT2D eigenvalue weighted by Gasteiger charge is 2.25. The Morgan fingerprint density at radius 2 is 1.95 bits per heavy atom. The van der Waals surface area contributed by atoms with E-state index in [1.165, 1.54) is 4.68 Å². The van der Waals surface area contributed by atoms with Crippen LogP contribution in [0.1, 0.15) is 49.3 Å². The van der Waals surface area contributed by atoms with Crippen LogP contribution in [0.4, 0.5) is 0 Å². The molecule has 116 valence electrons. The Kier molecular flexibility index (Phi) is 5.45. The van der Waals surface area contributed by atoms with Crippen LogP contribution < -0.4 is 5.32 Å². The van der Waals surface area contributed by atoms with Crippen LogP contribution in [0.5, 0.6) is 0 Å². The van der Waals surface area contributed by atoms with Crippen LogP contribution in [0.15, 0.2) is 6.07 Å². The third-order valence-corrected chi connectivity index (χ3v) is 2.90. The van der Waals surface area contributed by atoms with E-state index in [1.54, 1.807) is 13.0 Å². The number of aliphatic carboxylic acids is 2. The summed E-state index contributed by atoms with van der Waals surface area (Å²) >= 11 is 0. The molecule has 1 aromatic rings. The molecule has 1 aromatic heterocycles. The molecule has 21 heavy (non-hydrogen) atoms. The standard InChI is InChI=1S/C13H19N3O5/c1-4-16-10(5-8(15-16)7(2)3)12(19)14-9(13(20)21)6-11(17)18/h5,7,9H,4,6H2,1-3H3,(H,14,19)(H,17,18)(H,20,21)/t9-/m1/s1. The van der Waals surface area contributed by atoms with Gasteiger partial charge < -0.3 is 15.5 Å². The highest BCUT2D eigenvalue weighted by atomic mass is 16.4. The van der Waals surface area contributed by atoms with Gasteiger partial charge in [0.25, 0.3) is 5.91 Å². The SMILES string of the molecule is CCn1nc(C(C)C)cc1C(=O)N[C@H](CC(=O)O)C(=O)O. The average Bonchev–Trinajstić information content (AvgIpc) is 2.81. The van der Waals surface area contributed by atoms with Crippen LogP contribution in [0, 0.1) is 0 Å². The molecule has 8 heteroatoms. The molecule has 3 N–H and O–H groups in total. The van der Waals surface area contributed by atoms with Gasteiger partial charge in [0.15, 0.2) is 0 Å². The molecule has 0 aliphatic rings. The largest absolute Gasteiger partial charge is 0.481 e. The molecule has 0 fully saturated rings. The third-order valence-electron chi connectivity index (χ3n) is 2.90. The topological polar surface area (TPSA) is 122 Å². The van der Waals surface area contributed by atoms with E-state index in [4.69, 9.17) is 10.2 Å². The zero-order valence-corrected chi connectivity index (χ0v) is 12.2. The summed E-state index contributed by atoms with van der Waals surface area (Å²) in [5.41, 5.74) is 0.935. The molecule has 0 aromatic carbocycles. The Morgan fingerprint density at radius 3 is 2.38 bits per heavy atom. The second kappa shape index (κ2) is 6.87. The molecular weight excluding hydrogens is 278 g/mol. The molecule has 1 atom stereocenters. The molecular formula is C13H19N3O5. The van der Waals surface area contributed by atoms with Gasteiger partial charge in [-0.3, -0.25) is 14.3 Å². The quantitative estimate of drug-likeness (QED) is 0.680. The van der Waals surface area contributed by atoms with E-state index in [9.17, 15) is 14.4 Å². The van der Waals surface area contributed by atoms with Crippen molar-refractivity contribution in [2.24, 2.45) is 0 Å². The summed E-state index contributed by atoms with van der Waals surface area (Å²) in [6, 6.07) is 0.112. The van der Waals surface area contributed by atoms with Crippen molar-refractivity contribution in [3.8, 4) is 0 Å². The maximum Gasteiger partial charge on any atom is 0.326 e. The molecule has 0 aliphatic carbocycles. The molecule has 1 amide bonds. The van der Waals surface area contributed by atoms with E-state index < -0.39 is 30.3 Å². The van der Waals surface area contributed by atoms with Crippen molar-refractivity contribution in [2.75, 3.05) is 0 Å². The van der Waals surface area contributed by atoms with Gasteiger partial charge in [-0.25, -0.2) is 4.79 Å². The zero-order chi connectivity index (χ0) is 16.2. The summed E-state index contributed by atoms with van der Waals surface area (Å²) in [6.45, 7) is 6.11.